The minimum atomic E-state index is 0.661. The summed E-state index contributed by atoms with van der Waals surface area (Å²) < 4.78 is 2.22. The summed E-state index contributed by atoms with van der Waals surface area (Å²) in [6, 6.07) is 8.05. The van der Waals surface area contributed by atoms with Crippen LogP contribution >= 0.6 is 11.6 Å². The van der Waals surface area contributed by atoms with Crippen LogP contribution in [0.4, 0.5) is 5.69 Å². The molecule has 1 aromatic heterocycles. The van der Waals surface area contributed by atoms with Crippen LogP contribution in [0, 0.1) is 0 Å². The second-order valence-corrected chi connectivity index (χ2v) is 7.08. The Hall–Kier alpha value is -2.28. The molecule has 3 heterocycles. The van der Waals surface area contributed by atoms with Crippen LogP contribution in [0.1, 0.15) is 18.1 Å². The van der Waals surface area contributed by atoms with Crippen molar-refractivity contribution in [2.24, 2.45) is 4.99 Å². The highest BCUT2D eigenvalue weighted by Gasteiger charge is 2.21. The third-order valence-electron chi connectivity index (χ3n) is 5.06. The third-order valence-corrected chi connectivity index (χ3v) is 5.29. The molecule has 1 fully saturated rings. The number of aryl methyl sites for hydroxylation is 1. The number of guanidine groups is 1. The van der Waals surface area contributed by atoms with Crippen molar-refractivity contribution in [3.63, 3.8) is 0 Å². The van der Waals surface area contributed by atoms with Crippen molar-refractivity contribution < 1.29 is 0 Å². The fraction of sp³-hybridized carbons (Fsp3) is 0.500. The van der Waals surface area contributed by atoms with E-state index in [9.17, 15) is 0 Å². The summed E-state index contributed by atoms with van der Waals surface area (Å²) >= 11 is 6.12. The number of anilines is 1. The zero-order valence-corrected chi connectivity index (χ0v) is 15.8. The van der Waals surface area contributed by atoms with Crippen molar-refractivity contribution >= 4 is 23.2 Å². The van der Waals surface area contributed by atoms with Crippen molar-refractivity contribution in [3.8, 4) is 0 Å². The molecule has 0 aliphatic carbocycles. The monoisotopic (exact) mass is 373 g/mol. The van der Waals surface area contributed by atoms with Crippen molar-refractivity contribution in [1.82, 2.24) is 25.0 Å². The number of halogens is 1. The van der Waals surface area contributed by atoms with E-state index in [1.54, 1.807) is 0 Å². The molecule has 1 aromatic carbocycles. The standard InChI is InChI=1S/C18H24ClN7/c1-20-18(21-13-17-23-22-16-6-3-7-26(16)17)25-10-8-24(9-11-25)15-5-2-4-14(19)12-15/h2,4-5,12H,3,6-11,13H2,1H3,(H,20,21). The minimum Gasteiger partial charge on any atom is -0.368 e. The van der Waals surface area contributed by atoms with Crippen LogP contribution < -0.4 is 10.2 Å². The molecule has 2 aliphatic rings. The van der Waals surface area contributed by atoms with Gasteiger partial charge in [0.15, 0.2) is 11.8 Å². The summed E-state index contributed by atoms with van der Waals surface area (Å²) in [7, 11) is 1.83. The predicted molar refractivity (Wildman–Crippen MR) is 104 cm³/mol. The molecule has 7 nitrogen and oxygen atoms in total. The molecule has 0 spiro atoms. The lowest BCUT2D eigenvalue weighted by atomic mass is 10.2. The number of benzene rings is 1. The number of fused-ring (bicyclic) bond motifs is 1. The van der Waals surface area contributed by atoms with Gasteiger partial charge in [-0.15, -0.1) is 10.2 Å². The highest BCUT2D eigenvalue weighted by atomic mass is 35.5. The normalized spacial score (nSPS) is 17.5. The SMILES string of the molecule is CN=C(NCc1nnc2n1CCC2)N1CCN(c2cccc(Cl)c2)CC1. The average Bonchev–Trinajstić information content (AvgIpc) is 3.27. The Kier molecular flexibility index (Phi) is 4.97. The summed E-state index contributed by atoms with van der Waals surface area (Å²) in [6.45, 7) is 5.42. The molecule has 0 unspecified atom stereocenters. The zero-order chi connectivity index (χ0) is 17.9. The summed E-state index contributed by atoms with van der Waals surface area (Å²) in [4.78, 5) is 9.11. The Morgan fingerprint density at radius 1 is 1.19 bits per heavy atom. The summed E-state index contributed by atoms with van der Waals surface area (Å²) in [6.07, 6.45) is 2.20. The Morgan fingerprint density at radius 3 is 2.81 bits per heavy atom. The Labute approximate surface area is 158 Å². The zero-order valence-electron chi connectivity index (χ0n) is 15.0. The second kappa shape index (κ2) is 7.53. The molecule has 138 valence electrons. The molecule has 0 saturated carbocycles. The maximum absolute atomic E-state index is 6.12. The summed E-state index contributed by atoms with van der Waals surface area (Å²) in [5.41, 5.74) is 1.18. The molecule has 2 aromatic rings. The predicted octanol–water partition coefficient (Wildman–Crippen LogP) is 1.78. The Morgan fingerprint density at radius 2 is 2.04 bits per heavy atom. The molecule has 0 atom stereocenters. The van der Waals surface area contributed by atoms with Crippen molar-refractivity contribution in [2.75, 3.05) is 38.1 Å². The largest absolute Gasteiger partial charge is 0.368 e. The van der Waals surface area contributed by atoms with E-state index in [-0.39, 0.29) is 0 Å². The van der Waals surface area contributed by atoms with E-state index in [4.69, 9.17) is 11.6 Å². The van der Waals surface area contributed by atoms with Crippen LogP contribution in [-0.2, 0) is 19.5 Å². The molecule has 0 amide bonds. The van der Waals surface area contributed by atoms with Crippen LogP contribution in [0.2, 0.25) is 5.02 Å². The van der Waals surface area contributed by atoms with Crippen LogP contribution in [-0.4, -0.2) is 58.9 Å². The first-order chi connectivity index (χ1) is 12.7. The number of hydrogen-bond acceptors (Lipinski definition) is 4. The van der Waals surface area contributed by atoms with E-state index in [2.05, 4.69) is 40.9 Å². The van der Waals surface area contributed by atoms with E-state index < -0.39 is 0 Å². The lowest BCUT2D eigenvalue weighted by molar-refractivity contribution is 0.371. The van der Waals surface area contributed by atoms with Crippen LogP contribution in [0.15, 0.2) is 29.3 Å². The van der Waals surface area contributed by atoms with Gasteiger partial charge in [0.2, 0.25) is 0 Å². The molecule has 2 aliphatic heterocycles. The Bertz CT molecular complexity index is 793. The van der Waals surface area contributed by atoms with Gasteiger partial charge >= 0.3 is 0 Å². The van der Waals surface area contributed by atoms with E-state index >= 15 is 0 Å². The van der Waals surface area contributed by atoms with E-state index in [0.29, 0.717) is 6.54 Å². The van der Waals surface area contributed by atoms with Gasteiger partial charge < -0.3 is 19.7 Å². The highest BCUT2D eigenvalue weighted by molar-refractivity contribution is 6.30. The number of rotatable bonds is 3. The van der Waals surface area contributed by atoms with Gasteiger partial charge in [-0.05, 0) is 24.6 Å². The fourth-order valence-electron chi connectivity index (χ4n) is 3.68. The molecular formula is C18H24ClN7. The lowest BCUT2D eigenvalue weighted by Crippen LogP contribution is -2.52. The summed E-state index contributed by atoms with van der Waals surface area (Å²) in [5.74, 6) is 3.02. The first-order valence-corrected chi connectivity index (χ1v) is 9.49. The highest BCUT2D eigenvalue weighted by Crippen LogP contribution is 2.21. The van der Waals surface area contributed by atoms with Gasteiger partial charge in [0, 0.05) is 56.9 Å². The fourth-order valence-corrected chi connectivity index (χ4v) is 3.87. The van der Waals surface area contributed by atoms with Gasteiger partial charge in [0.1, 0.15) is 5.82 Å². The lowest BCUT2D eigenvalue weighted by Gasteiger charge is -2.37. The van der Waals surface area contributed by atoms with Crippen LogP contribution in [0.25, 0.3) is 0 Å². The quantitative estimate of drug-likeness (QED) is 0.656. The van der Waals surface area contributed by atoms with Gasteiger partial charge in [0.25, 0.3) is 0 Å². The molecular weight excluding hydrogens is 350 g/mol. The molecule has 1 saturated heterocycles. The van der Waals surface area contributed by atoms with Gasteiger partial charge in [-0.25, -0.2) is 0 Å². The molecule has 26 heavy (non-hydrogen) atoms. The number of piperazine rings is 1. The topological polar surface area (TPSA) is 61.6 Å². The first kappa shape index (κ1) is 17.1. The van der Waals surface area contributed by atoms with Crippen molar-refractivity contribution in [2.45, 2.75) is 25.9 Å². The van der Waals surface area contributed by atoms with Crippen molar-refractivity contribution in [3.05, 3.63) is 40.9 Å². The Balaban J connectivity index is 1.33. The number of hydrogen-bond donors (Lipinski definition) is 1. The number of nitrogens with one attached hydrogen (secondary N) is 1. The number of aromatic nitrogens is 3. The first-order valence-electron chi connectivity index (χ1n) is 9.11. The molecule has 4 rings (SSSR count). The van der Waals surface area contributed by atoms with E-state index in [1.165, 1.54) is 5.69 Å². The van der Waals surface area contributed by atoms with Gasteiger partial charge in [-0.3, -0.25) is 4.99 Å². The van der Waals surface area contributed by atoms with Crippen molar-refractivity contribution in [1.29, 1.82) is 0 Å². The summed E-state index contributed by atoms with van der Waals surface area (Å²) in [5, 5.41) is 12.8. The maximum Gasteiger partial charge on any atom is 0.194 e. The van der Waals surface area contributed by atoms with Gasteiger partial charge in [0.05, 0.1) is 6.54 Å². The molecule has 0 bridgehead atoms. The minimum absolute atomic E-state index is 0.661. The molecule has 8 heteroatoms. The van der Waals surface area contributed by atoms with Gasteiger partial charge in [-0.1, -0.05) is 17.7 Å². The number of aliphatic imine (C=N–C) groups is 1. The van der Waals surface area contributed by atoms with Gasteiger partial charge in [-0.2, -0.15) is 0 Å². The van der Waals surface area contributed by atoms with E-state index in [1.807, 2.05) is 25.2 Å². The van der Waals surface area contributed by atoms with Crippen LogP contribution in [0.5, 0.6) is 0 Å². The number of nitrogens with zero attached hydrogens (tertiary/aromatic N) is 6. The smallest absolute Gasteiger partial charge is 0.194 e. The van der Waals surface area contributed by atoms with Crippen LogP contribution in [0.3, 0.4) is 0 Å². The van der Waals surface area contributed by atoms with E-state index in [0.717, 1.165) is 68.2 Å². The molecule has 1 N–H and O–H groups in total. The average molecular weight is 374 g/mol. The second-order valence-electron chi connectivity index (χ2n) is 6.64. The molecule has 0 radical (unpaired) electrons. The maximum atomic E-state index is 6.12. The third kappa shape index (κ3) is 3.49.